The van der Waals surface area contributed by atoms with Crippen molar-refractivity contribution in [2.24, 2.45) is 0 Å². The van der Waals surface area contributed by atoms with Crippen LogP contribution in [-0.2, 0) is 9.53 Å². The van der Waals surface area contributed by atoms with E-state index in [1.165, 1.54) is 12.7 Å². The molecule has 0 aliphatic heterocycles. The first-order valence-electron chi connectivity index (χ1n) is 6.80. The lowest BCUT2D eigenvalue weighted by Gasteiger charge is -2.16. The Morgan fingerprint density at radius 1 is 1.10 bits per heavy atom. The smallest absolute Gasteiger partial charge is 0.343 e. The summed E-state index contributed by atoms with van der Waals surface area (Å²) in [6.45, 7) is 2.03. The van der Waals surface area contributed by atoms with Gasteiger partial charge in [-0.15, -0.1) is 0 Å². The van der Waals surface area contributed by atoms with Crippen molar-refractivity contribution in [2.45, 2.75) is 13.0 Å². The maximum absolute atomic E-state index is 11.0. The molecule has 2 aromatic carbocycles. The number of carbonyl (C=O) groups excluding carboxylic acids is 1. The van der Waals surface area contributed by atoms with E-state index in [9.17, 15) is 4.79 Å². The summed E-state index contributed by atoms with van der Waals surface area (Å²) in [5.41, 5.74) is 2.22. The second-order valence-electron chi connectivity index (χ2n) is 4.67. The SMILES string of the molecule is COC(=O)COc1ccc(NC(C)c2ccccc2)cc1. The molecule has 1 atom stereocenters. The highest BCUT2D eigenvalue weighted by molar-refractivity contribution is 5.70. The molecule has 21 heavy (non-hydrogen) atoms. The Morgan fingerprint density at radius 3 is 2.38 bits per heavy atom. The number of hydrogen-bond acceptors (Lipinski definition) is 4. The Morgan fingerprint density at radius 2 is 1.76 bits per heavy atom. The van der Waals surface area contributed by atoms with Crippen LogP contribution in [0.25, 0.3) is 0 Å². The quantitative estimate of drug-likeness (QED) is 0.826. The van der Waals surface area contributed by atoms with Crippen molar-refractivity contribution in [3.05, 3.63) is 60.2 Å². The molecule has 0 radical (unpaired) electrons. The molecule has 0 saturated carbocycles. The van der Waals surface area contributed by atoms with Gasteiger partial charge in [-0.2, -0.15) is 0 Å². The average Bonchev–Trinajstić information content (AvgIpc) is 2.54. The number of anilines is 1. The third kappa shape index (κ3) is 4.53. The number of carbonyl (C=O) groups is 1. The van der Waals surface area contributed by atoms with Crippen molar-refractivity contribution >= 4 is 11.7 Å². The fourth-order valence-corrected chi connectivity index (χ4v) is 1.92. The first kappa shape index (κ1) is 14.9. The lowest BCUT2D eigenvalue weighted by Crippen LogP contribution is -2.12. The molecule has 0 aromatic heterocycles. The highest BCUT2D eigenvalue weighted by Crippen LogP contribution is 2.21. The highest BCUT2D eigenvalue weighted by Gasteiger charge is 2.05. The van der Waals surface area contributed by atoms with Crippen LogP contribution in [0.1, 0.15) is 18.5 Å². The predicted octanol–water partition coefficient (Wildman–Crippen LogP) is 3.41. The standard InChI is InChI=1S/C17H19NO3/c1-13(14-6-4-3-5-7-14)18-15-8-10-16(11-9-15)21-12-17(19)20-2/h3-11,13,18H,12H2,1-2H3. The summed E-state index contributed by atoms with van der Waals surface area (Å²) < 4.78 is 9.82. The molecule has 0 saturated heterocycles. The third-order valence-corrected chi connectivity index (χ3v) is 3.12. The van der Waals surface area contributed by atoms with E-state index in [4.69, 9.17) is 4.74 Å². The van der Waals surface area contributed by atoms with Gasteiger partial charge in [0.05, 0.1) is 7.11 Å². The average molecular weight is 285 g/mol. The van der Waals surface area contributed by atoms with E-state index in [1.807, 2.05) is 42.5 Å². The largest absolute Gasteiger partial charge is 0.482 e. The second-order valence-corrected chi connectivity index (χ2v) is 4.67. The molecular weight excluding hydrogens is 266 g/mol. The minimum absolute atomic E-state index is 0.0797. The second kappa shape index (κ2) is 7.33. The molecule has 0 spiro atoms. The fourth-order valence-electron chi connectivity index (χ4n) is 1.92. The molecule has 0 bridgehead atoms. The zero-order chi connectivity index (χ0) is 15.1. The van der Waals surface area contributed by atoms with E-state index in [2.05, 4.69) is 29.1 Å². The number of benzene rings is 2. The number of methoxy groups -OCH3 is 1. The van der Waals surface area contributed by atoms with Crippen LogP contribution >= 0.6 is 0 Å². The summed E-state index contributed by atoms with van der Waals surface area (Å²) in [6.07, 6.45) is 0. The summed E-state index contributed by atoms with van der Waals surface area (Å²) >= 11 is 0. The molecule has 0 aliphatic carbocycles. The third-order valence-electron chi connectivity index (χ3n) is 3.12. The Balaban J connectivity index is 1.92. The number of ether oxygens (including phenoxy) is 2. The van der Waals surface area contributed by atoms with Crippen molar-refractivity contribution in [2.75, 3.05) is 19.0 Å². The zero-order valence-electron chi connectivity index (χ0n) is 12.2. The van der Waals surface area contributed by atoms with Gasteiger partial charge in [-0.3, -0.25) is 0 Å². The summed E-state index contributed by atoms with van der Waals surface area (Å²) in [5, 5.41) is 3.41. The van der Waals surface area contributed by atoms with E-state index >= 15 is 0 Å². The molecule has 110 valence electrons. The lowest BCUT2D eigenvalue weighted by atomic mass is 10.1. The minimum Gasteiger partial charge on any atom is -0.482 e. The van der Waals surface area contributed by atoms with Gasteiger partial charge < -0.3 is 14.8 Å². The summed E-state index contributed by atoms with van der Waals surface area (Å²) in [7, 11) is 1.34. The van der Waals surface area contributed by atoms with Crippen molar-refractivity contribution in [3.8, 4) is 5.75 Å². The fraction of sp³-hybridized carbons (Fsp3) is 0.235. The maximum Gasteiger partial charge on any atom is 0.343 e. The van der Waals surface area contributed by atoms with Crippen molar-refractivity contribution < 1.29 is 14.3 Å². The van der Waals surface area contributed by atoms with Gasteiger partial charge >= 0.3 is 5.97 Å². The highest BCUT2D eigenvalue weighted by atomic mass is 16.6. The topological polar surface area (TPSA) is 47.6 Å². The van der Waals surface area contributed by atoms with Crippen LogP contribution in [0.2, 0.25) is 0 Å². The molecular formula is C17H19NO3. The molecule has 1 unspecified atom stereocenters. The van der Waals surface area contributed by atoms with Gasteiger partial charge in [0.2, 0.25) is 0 Å². The molecule has 0 aliphatic rings. The lowest BCUT2D eigenvalue weighted by molar-refractivity contribution is -0.142. The number of nitrogens with one attached hydrogen (secondary N) is 1. The molecule has 4 heteroatoms. The van der Waals surface area contributed by atoms with Gasteiger partial charge in [-0.1, -0.05) is 30.3 Å². The Bertz CT molecular complexity index is 566. The van der Waals surface area contributed by atoms with Crippen LogP contribution in [0.15, 0.2) is 54.6 Å². The molecule has 2 rings (SSSR count). The molecule has 0 amide bonds. The van der Waals surface area contributed by atoms with E-state index in [0.29, 0.717) is 5.75 Å². The van der Waals surface area contributed by atoms with Gasteiger partial charge in [0, 0.05) is 11.7 Å². The number of hydrogen-bond donors (Lipinski definition) is 1. The van der Waals surface area contributed by atoms with Crippen molar-refractivity contribution in [1.82, 2.24) is 0 Å². The Labute approximate surface area is 124 Å². The maximum atomic E-state index is 11.0. The van der Waals surface area contributed by atoms with E-state index in [1.54, 1.807) is 0 Å². The van der Waals surface area contributed by atoms with Crippen LogP contribution < -0.4 is 10.1 Å². The van der Waals surface area contributed by atoms with Gasteiger partial charge in [0.15, 0.2) is 6.61 Å². The molecule has 0 fully saturated rings. The van der Waals surface area contributed by atoms with E-state index in [-0.39, 0.29) is 12.6 Å². The van der Waals surface area contributed by atoms with Gasteiger partial charge in [0.1, 0.15) is 5.75 Å². The first-order chi connectivity index (χ1) is 10.2. The van der Waals surface area contributed by atoms with Crippen molar-refractivity contribution in [3.63, 3.8) is 0 Å². The predicted molar refractivity (Wildman–Crippen MR) is 82.4 cm³/mol. The summed E-state index contributed by atoms with van der Waals surface area (Å²) in [6, 6.07) is 17.9. The minimum atomic E-state index is -0.394. The summed E-state index contributed by atoms with van der Waals surface area (Å²) in [4.78, 5) is 11.0. The Hall–Kier alpha value is -2.49. The first-order valence-corrected chi connectivity index (χ1v) is 6.80. The van der Waals surface area contributed by atoms with E-state index in [0.717, 1.165) is 5.69 Å². The zero-order valence-corrected chi connectivity index (χ0v) is 12.2. The summed E-state index contributed by atoms with van der Waals surface area (Å²) in [5.74, 6) is 0.244. The number of esters is 1. The molecule has 4 nitrogen and oxygen atoms in total. The normalized spacial score (nSPS) is 11.5. The van der Waals surface area contributed by atoms with Crippen molar-refractivity contribution in [1.29, 1.82) is 0 Å². The molecule has 2 aromatic rings. The monoisotopic (exact) mass is 285 g/mol. The van der Waals surface area contributed by atoms with Crippen LogP contribution in [0, 0.1) is 0 Å². The van der Waals surface area contributed by atoms with Gasteiger partial charge in [0.25, 0.3) is 0 Å². The van der Waals surface area contributed by atoms with Gasteiger partial charge in [-0.25, -0.2) is 4.79 Å². The van der Waals surface area contributed by atoms with Crippen LogP contribution in [0.4, 0.5) is 5.69 Å². The van der Waals surface area contributed by atoms with Crippen LogP contribution in [-0.4, -0.2) is 19.7 Å². The van der Waals surface area contributed by atoms with Crippen LogP contribution in [0.5, 0.6) is 5.75 Å². The molecule has 1 N–H and O–H groups in total. The number of rotatable bonds is 6. The van der Waals surface area contributed by atoms with Gasteiger partial charge in [-0.05, 0) is 36.8 Å². The van der Waals surface area contributed by atoms with E-state index < -0.39 is 5.97 Å². The molecule has 0 heterocycles. The van der Waals surface area contributed by atoms with Crippen LogP contribution in [0.3, 0.4) is 0 Å². The Kier molecular flexibility index (Phi) is 5.21.